The lowest BCUT2D eigenvalue weighted by Gasteiger charge is -2.07. The number of rotatable bonds is 30. The highest BCUT2D eigenvalue weighted by molar-refractivity contribution is 4.84. The molecule has 0 aliphatic rings. The van der Waals surface area contributed by atoms with Crippen LogP contribution in [0.1, 0.15) is 200 Å². The van der Waals surface area contributed by atoms with E-state index in [1.165, 1.54) is 193 Å². The quantitative estimate of drug-likeness (QED) is 0.0689. The highest BCUT2D eigenvalue weighted by Crippen LogP contribution is 2.14. The Bertz CT molecular complexity index is 590. The molecule has 0 radical (unpaired) electrons. The first-order valence-corrected chi connectivity index (χ1v) is 17.9. The van der Waals surface area contributed by atoms with Crippen LogP contribution < -0.4 is 4.57 Å². The topological polar surface area (TPSA) is 8.81 Å². The SMILES string of the molecule is CCCCCCCCCCCCCCn1cc[n+](CCCCCCCC)c1CCCCCCCCCCC. The van der Waals surface area contributed by atoms with Gasteiger partial charge in [0.25, 0.3) is 5.82 Å². The summed E-state index contributed by atoms with van der Waals surface area (Å²) >= 11 is 0. The Kier molecular flexibility index (Phi) is 25.7. The molecular formula is C36H71N2+. The molecule has 0 aliphatic heterocycles. The second kappa shape index (κ2) is 27.8. The molecule has 2 nitrogen and oxygen atoms in total. The summed E-state index contributed by atoms with van der Waals surface area (Å²) in [6.07, 6.45) is 44.4. The molecule has 2 heteroatoms. The summed E-state index contributed by atoms with van der Waals surface area (Å²) in [5.74, 6) is 1.62. The van der Waals surface area contributed by atoms with Crippen molar-refractivity contribution < 1.29 is 4.57 Å². The third-order valence-corrected chi connectivity index (χ3v) is 8.60. The normalized spacial score (nSPS) is 11.6. The average Bonchev–Trinajstić information content (AvgIpc) is 3.31. The smallest absolute Gasteiger partial charge is 0.234 e. The predicted molar refractivity (Wildman–Crippen MR) is 170 cm³/mol. The van der Waals surface area contributed by atoms with Crippen LogP contribution in [-0.4, -0.2) is 4.57 Å². The first-order valence-electron chi connectivity index (χ1n) is 17.9. The Morgan fingerprint density at radius 1 is 0.447 bits per heavy atom. The van der Waals surface area contributed by atoms with E-state index in [9.17, 15) is 0 Å². The van der Waals surface area contributed by atoms with Gasteiger partial charge in [0.2, 0.25) is 0 Å². The lowest BCUT2D eigenvalue weighted by atomic mass is 10.1. The van der Waals surface area contributed by atoms with Crippen LogP contribution in [0.3, 0.4) is 0 Å². The van der Waals surface area contributed by atoms with Gasteiger partial charge in [-0.1, -0.05) is 162 Å². The highest BCUT2D eigenvalue weighted by Gasteiger charge is 2.16. The van der Waals surface area contributed by atoms with Gasteiger partial charge in [-0.15, -0.1) is 0 Å². The summed E-state index contributed by atoms with van der Waals surface area (Å²) in [5, 5.41) is 0. The van der Waals surface area contributed by atoms with Gasteiger partial charge in [0, 0.05) is 6.42 Å². The van der Waals surface area contributed by atoms with Crippen molar-refractivity contribution in [3.8, 4) is 0 Å². The Morgan fingerprint density at radius 3 is 1.26 bits per heavy atom. The minimum atomic E-state index is 1.23. The summed E-state index contributed by atoms with van der Waals surface area (Å²) in [6, 6.07) is 0. The van der Waals surface area contributed by atoms with Crippen LogP contribution in [0.15, 0.2) is 12.4 Å². The van der Waals surface area contributed by atoms with Crippen LogP contribution in [0.4, 0.5) is 0 Å². The van der Waals surface area contributed by atoms with E-state index in [0.29, 0.717) is 0 Å². The average molecular weight is 532 g/mol. The second-order valence-electron chi connectivity index (χ2n) is 12.3. The first kappa shape index (κ1) is 35.2. The lowest BCUT2D eigenvalue weighted by molar-refractivity contribution is -0.704. The van der Waals surface area contributed by atoms with Crippen molar-refractivity contribution >= 4 is 0 Å². The van der Waals surface area contributed by atoms with Gasteiger partial charge < -0.3 is 0 Å². The minimum Gasteiger partial charge on any atom is -0.234 e. The van der Waals surface area contributed by atoms with Crippen LogP contribution in [-0.2, 0) is 19.5 Å². The van der Waals surface area contributed by atoms with Gasteiger partial charge in [-0.05, 0) is 32.1 Å². The van der Waals surface area contributed by atoms with Gasteiger partial charge in [0.1, 0.15) is 12.4 Å². The molecule has 0 saturated carbocycles. The van der Waals surface area contributed by atoms with Gasteiger partial charge >= 0.3 is 0 Å². The number of aromatic nitrogens is 2. The Hall–Kier alpha value is -0.790. The monoisotopic (exact) mass is 532 g/mol. The predicted octanol–water partition coefficient (Wildman–Crippen LogP) is 11.9. The summed E-state index contributed by atoms with van der Waals surface area (Å²) in [6.45, 7) is 9.39. The molecule has 0 bridgehead atoms. The molecule has 0 fully saturated rings. The maximum Gasteiger partial charge on any atom is 0.256 e. The zero-order valence-corrected chi connectivity index (χ0v) is 26.8. The number of unbranched alkanes of at least 4 members (excludes halogenated alkanes) is 24. The molecule has 0 saturated heterocycles. The fraction of sp³-hybridized carbons (Fsp3) is 0.917. The standard InChI is InChI=1S/C36H71N2/c1-4-7-10-13-16-18-19-20-22-24-27-30-33-38-35-34-37(32-29-26-15-12-9-6-3)36(38)31-28-25-23-21-17-14-11-8-5-2/h34-35H,4-33H2,1-3H3/q+1. The Balaban J connectivity index is 2.29. The molecule has 1 aromatic rings. The maximum absolute atomic E-state index is 2.62. The van der Waals surface area contributed by atoms with Crippen molar-refractivity contribution in [1.82, 2.24) is 4.57 Å². The number of hydrogen-bond acceptors (Lipinski definition) is 0. The summed E-state index contributed by atoms with van der Waals surface area (Å²) in [4.78, 5) is 0. The molecule has 1 heterocycles. The third kappa shape index (κ3) is 20.2. The molecule has 0 N–H and O–H groups in total. The van der Waals surface area contributed by atoms with E-state index in [2.05, 4.69) is 42.3 Å². The van der Waals surface area contributed by atoms with E-state index < -0.39 is 0 Å². The van der Waals surface area contributed by atoms with Crippen LogP contribution in [0.5, 0.6) is 0 Å². The van der Waals surface area contributed by atoms with Gasteiger partial charge in [-0.25, -0.2) is 9.13 Å². The van der Waals surface area contributed by atoms with Crippen LogP contribution in [0, 0.1) is 0 Å². The largest absolute Gasteiger partial charge is 0.256 e. The molecule has 0 aliphatic carbocycles. The van der Waals surface area contributed by atoms with Crippen molar-refractivity contribution in [2.45, 2.75) is 214 Å². The van der Waals surface area contributed by atoms with Crippen LogP contribution in [0.25, 0.3) is 0 Å². The molecule has 38 heavy (non-hydrogen) atoms. The molecule has 0 unspecified atom stereocenters. The van der Waals surface area contributed by atoms with Crippen molar-refractivity contribution in [3.63, 3.8) is 0 Å². The van der Waals surface area contributed by atoms with Gasteiger partial charge in [0.15, 0.2) is 0 Å². The fourth-order valence-corrected chi connectivity index (χ4v) is 5.97. The van der Waals surface area contributed by atoms with E-state index in [4.69, 9.17) is 0 Å². The molecule has 1 aromatic heterocycles. The minimum absolute atomic E-state index is 1.23. The number of nitrogens with zero attached hydrogens (tertiary/aromatic N) is 2. The van der Waals surface area contributed by atoms with Crippen LogP contribution >= 0.6 is 0 Å². The molecule has 1 rings (SSSR count). The van der Waals surface area contributed by atoms with E-state index in [0.717, 1.165) is 0 Å². The summed E-state index contributed by atoms with van der Waals surface area (Å²) < 4.78 is 5.24. The molecule has 224 valence electrons. The van der Waals surface area contributed by atoms with Gasteiger partial charge in [-0.2, -0.15) is 0 Å². The first-order chi connectivity index (χ1) is 18.8. The van der Waals surface area contributed by atoms with Crippen molar-refractivity contribution in [1.29, 1.82) is 0 Å². The van der Waals surface area contributed by atoms with Gasteiger partial charge in [-0.3, -0.25) is 0 Å². The van der Waals surface area contributed by atoms with Crippen molar-refractivity contribution in [2.75, 3.05) is 0 Å². The van der Waals surface area contributed by atoms with Gasteiger partial charge in [0.05, 0.1) is 13.1 Å². The van der Waals surface area contributed by atoms with E-state index >= 15 is 0 Å². The van der Waals surface area contributed by atoms with Crippen molar-refractivity contribution in [3.05, 3.63) is 18.2 Å². The van der Waals surface area contributed by atoms with E-state index in [1.807, 2.05) is 0 Å². The Labute approximate surface area is 240 Å². The zero-order valence-electron chi connectivity index (χ0n) is 26.8. The van der Waals surface area contributed by atoms with E-state index in [-0.39, 0.29) is 0 Å². The molecule has 0 aromatic carbocycles. The summed E-state index contributed by atoms with van der Waals surface area (Å²) in [7, 11) is 0. The fourth-order valence-electron chi connectivity index (χ4n) is 5.97. The number of aryl methyl sites for hydroxylation is 2. The highest BCUT2D eigenvalue weighted by atomic mass is 15.1. The number of imidazole rings is 1. The number of hydrogen-bond donors (Lipinski definition) is 0. The molecular weight excluding hydrogens is 460 g/mol. The second-order valence-corrected chi connectivity index (χ2v) is 12.3. The van der Waals surface area contributed by atoms with Crippen molar-refractivity contribution in [2.24, 2.45) is 0 Å². The summed E-state index contributed by atoms with van der Waals surface area (Å²) in [5.41, 5.74) is 0. The zero-order chi connectivity index (χ0) is 27.4. The molecule has 0 amide bonds. The molecule has 0 atom stereocenters. The van der Waals surface area contributed by atoms with E-state index in [1.54, 1.807) is 5.82 Å². The Morgan fingerprint density at radius 2 is 0.816 bits per heavy atom. The molecule has 0 spiro atoms. The lowest BCUT2D eigenvalue weighted by Crippen LogP contribution is -2.37. The third-order valence-electron chi connectivity index (χ3n) is 8.60. The maximum atomic E-state index is 2.62. The van der Waals surface area contributed by atoms with Crippen LogP contribution in [0.2, 0.25) is 0 Å².